The molecule has 2 saturated heterocycles. The Balaban J connectivity index is 1.60. The molecule has 2 fully saturated rings. The van der Waals surface area contributed by atoms with Crippen molar-refractivity contribution in [1.29, 1.82) is 5.26 Å². The minimum atomic E-state index is -0.330. The molecule has 0 unspecified atom stereocenters. The van der Waals surface area contributed by atoms with Crippen molar-refractivity contribution in [3.8, 4) is 6.07 Å². The lowest BCUT2D eigenvalue weighted by atomic mass is 9.95. The van der Waals surface area contributed by atoms with Gasteiger partial charge in [0.15, 0.2) is 0 Å². The fourth-order valence-corrected chi connectivity index (χ4v) is 4.06. The van der Waals surface area contributed by atoms with Gasteiger partial charge in [-0.05, 0) is 45.1 Å². The molecule has 3 rings (SSSR count). The Morgan fingerprint density at radius 1 is 1.11 bits per heavy atom. The second-order valence-electron chi connectivity index (χ2n) is 7.78. The van der Waals surface area contributed by atoms with Crippen LogP contribution in [-0.4, -0.2) is 51.7 Å². The van der Waals surface area contributed by atoms with Crippen molar-refractivity contribution in [2.24, 2.45) is 5.92 Å². The number of nitriles is 1. The van der Waals surface area contributed by atoms with Crippen LogP contribution < -0.4 is 5.56 Å². The number of aryl methyl sites for hydroxylation is 1. The first-order valence-electron chi connectivity index (χ1n) is 10.0. The third-order valence-electron chi connectivity index (χ3n) is 5.94. The van der Waals surface area contributed by atoms with E-state index in [1.54, 1.807) is 6.92 Å². The summed E-state index contributed by atoms with van der Waals surface area (Å²) >= 11 is 0. The Labute approximate surface area is 160 Å². The van der Waals surface area contributed by atoms with E-state index in [-0.39, 0.29) is 17.0 Å². The van der Waals surface area contributed by atoms with Crippen molar-refractivity contribution >= 4 is 5.91 Å². The smallest absolute Gasteiger partial charge is 0.286 e. The highest BCUT2D eigenvalue weighted by Crippen LogP contribution is 2.22. The van der Waals surface area contributed by atoms with Gasteiger partial charge in [-0.2, -0.15) is 10.4 Å². The van der Waals surface area contributed by atoms with Gasteiger partial charge in [0.2, 0.25) is 5.91 Å². The highest BCUT2D eigenvalue weighted by atomic mass is 16.2. The van der Waals surface area contributed by atoms with Crippen molar-refractivity contribution in [3.05, 3.63) is 27.2 Å². The topological polar surface area (TPSA) is 82.2 Å². The van der Waals surface area contributed by atoms with Gasteiger partial charge in [-0.25, -0.2) is 4.68 Å². The van der Waals surface area contributed by atoms with Gasteiger partial charge in [0.1, 0.15) is 11.6 Å². The fourth-order valence-electron chi connectivity index (χ4n) is 4.06. The monoisotopic (exact) mass is 371 g/mol. The Hall–Kier alpha value is -2.20. The normalized spacial score (nSPS) is 19.5. The summed E-state index contributed by atoms with van der Waals surface area (Å²) in [6.45, 7) is 7.29. The molecule has 1 aromatic rings. The second kappa shape index (κ2) is 8.66. The van der Waals surface area contributed by atoms with Crippen LogP contribution in [0.2, 0.25) is 0 Å². The zero-order valence-electron chi connectivity index (χ0n) is 16.4. The lowest BCUT2D eigenvalue weighted by molar-refractivity contribution is -0.137. The van der Waals surface area contributed by atoms with E-state index >= 15 is 0 Å². The molecular formula is C20H29N5O2. The second-order valence-corrected chi connectivity index (χ2v) is 7.78. The molecular weight excluding hydrogens is 342 g/mol. The van der Waals surface area contributed by atoms with E-state index in [1.807, 2.05) is 13.0 Å². The highest BCUT2D eigenvalue weighted by Gasteiger charge is 2.29. The Kier molecular flexibility index (Phi) is 6.27. The molecule has 146 valence electrons. The lowest BCUT2D eigenvalue weighted by Crippen LogP contribution is -2.44. The van der Waals surface area contributed by atoms with Gasteiger partial charge in [-0.15, -0.1) is 0 Å². The number of hydrogen-bond donors (Lipinski definition) is 0. The van der Waals surface area contributed by atoms with E-state index in [2.05, 4.69) is 14.9 Å². The molecule has 0 radical (unpaired) electrons. The molecule has 0 spiro atoms. The maximum absolute atomic E-state index is 12.8. The van der Waals surface area contributed by atoms with Crippen LogP contribution in [-0.2, 0) is 11.5 Å². The molecule has 1 aromatic heterocycles. The SMILES string of the molecule is Cc1nn(CN2CCC(C(=O)N3CCCCCC3)CC2)c(=O)c(C#N)c1C. The molecule has 2 aliphatic heterocycles. The van der Waals surface area contributed by atoms with Gasteiger partial charge in [0.25, 0.3) is 5.56 Å². The average molecular weight is 371 g/mol. The van der Waals surface area contributed by atoms with Gasteiger partial charge in [0.05, 0.1) is 12.4 Å². The van der Waals surface area contributed by atoms with E-state index in [1.165, 1.54) is 17.5 Å². The van der Waals surface area contributed by atoms with Crippen LogP contribution in [0.4, 0.5) is 0 Å². The third kappa shape index (κ3) is 4.38. The first-order valence-corrected chi connectivity index (χ1v) is 10.0. The van der Waals surface area contributed by atoms with Crippen LogP contribution in [0, 0.1) is 31.1 Å². The van der Waals surface area contributed by atoms with Gasteiger partial charge in [-0.3, -0.25) is 14.5 Å². The third-order valence-corrected chi connectivity index (χ3v) is 5.94. The van der Waals surface area contributed by atoms with Gasteiger partial charge in [-0.1, -0.05) is 12.8 Å². The minimum Gasteiger partial charge on any atom is -0.342 e. The number of amides is 1. The highest BCUT2D eigenvalue weighted by molar-refractivity contribution is 5.79. The summed E-state index contributed by atoms with van der Waals surface area (Å²) in [5.74, 6) is 0.406. The summed E-state index contributed by atoms with van der Waals surface area (Å²) in [6.07, 6.45) is 6.33. The summed E-state index contributed by atoms with van der Waals surface area (Å²) in [4.78, 5) is 29.5. The maximum Gasteiger partial charge on any atom is 0.286 e. The number of likely N-dealkylation sites (tertiary alicyclic amines) is 2. The molecule has 1 amide bonds. The summed E-state index contributed by atoms with van der Waals surface area (Å²) in [7, 11) is 0. The van der Waals surface area contributed by atoms with Crippen LogP contribution >= 0.6 is 0 Å². The molecule has 7 nitrogen and oxygen atoms in total. The molecule has 3 heterocycles. The van der Waals surface area contributed by atoms with Crippen LogP contribution in [0.1, 0.15) is 55.3 Å². The van der Waals surface area contributed by atoms with Gasteiger partial charge >= 0.3 is 0 Å². The molecule has 0 bridgehead atoms. The molecule has 0 N–H and O–H groups in total. The van der Waals surface area contributed by atoms with Crippen LogP contribution in [0.25, 0.3) is 0 Å². The Morgan fingerprint density at radius 3 is 2.33 bits per heavy atom. The lowest BCUT2D eigenvalue weighted by Gasteiger charge is -2.34. The first kappa shape index (κ1) is 19.6. The van der Waals surface area contributed by atoms with E-state index in [0.717, 1.165) is 51.9 Å². The standard InChI is InChI=1S/C20H29N5O2/c1-15-16(2)22-25(20(27)18(15)13-21)14-23-11-7-17(8-12-23)19(26)24-9-5-3-4-6-10-24/h17H,3-12,14H2,1-2H3. The summed E-state index contributed by atoms with van der Waals surface area (Å²) in [5, 5.41) is 13.6. The molecule has 0 saturated carbocycles. The predicted molar refractivity (Wildman–Crippen MR) is 102 cm³/mol. The van der Waals surface area contributed by atoms with Crippen molar-refractivity contribution in [3.63, 3.8) is 0 Å². The zero-order chi connectivity index (χ0) is 19.4. The number of rotatable bonds is 3. The predicted octanol–water partition coefficient (Wildman–Crippen LogP) is 1.80. The summed E-state index contributed by atoms with van der Waals surface area (Å²) in [6, 6.07) is 2.00. The van der Waals surface area contributed by atoms with E-state index in [9.17, 15) is 14.9 Å². The van der Waals surface area contributed by atoms with Crippen molar-refractivity contribution in [2.75, 3.05) is 26.2 Å². The van der Waals surface area contributed by atoms with E-state index in [0.29, 0.717) is 23.8 Å². The number of carbonyl (C=O) groups is 1. The van der Waals surface area contributed by atoms with Gasteiger partial charge in [0, 0.05) is 32.1 Å². The molecule has 27 heavy (non-hydrogen) atoms. The number of hydrogen-bond acceptors (Lipinski definition) is 5. The molecule has 0 atom stereocenters. The van der Waals surface area contributed by atoms with Crippen LogP contribution in [0.5, 0.6) is 0 Å². The number of aromatic nitrogens is 2. The maximum atomic E-state index is 12.8. The van der Waals surface area contributed by atoms with E-state index in [4.69, 9.17) is 0 Å². The minimum absolute atomic E-state index is 0.0958. The number of carbonyl (C=O) groups excluding carboxylic acids is 1. The summed E-state index contributed by atoms with van der Waals surface area (Å²) in [5.41, 5.74) is 1.20. The number of piperidine rings is 1. The molecule has 0 aromatic carbocycles. The van der Waals surface area contributed by atoms with Crippen LogP contribution in [0.15, 0.2) is 4.79 Å². The quantitative estimate of drug-likeness (QED) is 0.809. The van der Waals surface area contributed by atoms with Crippen LogP contribution in [0.3, 0.4) is 0 Å². The number of nitrogens with zero attached hydrogens (tertiary/aromatic N) is 5. The zero-order valence-corrected chi connectivity index (χ0v) is 16.4. The molecule has 0 aliphatic carbocycles. The summed E-state index contributed by atoms with van der Waals surface area (Å²) < 4.78 is 1.39. The fraction of sp³-hybridized carbons (Fsp3) is 0.700. The van der Waals surface area contributed by atoms with Crippen molar-refractivity contribution in [2.45, 2.75) is 59.0 Å². The first-order chi connectivity index (χ1) is 13.0. The van der Waals surface area contributed by atoms with Crippen molar-refractivity contribution < 1.29 is 4.79 Å². The largest absolute Gasteiger partial charge is 0.342 e. The Morgan fingerprint density at radius 2 is 1.74 bits per heavy atom. The molecule has 7 heteroatoms. The van der Waals surface area contributed by atoms with Crippen molar-refractivity contribution in [1.82, 2.24) is 19.6 Å². The Bertz CT molecular complexity index is 779. The molecule has 2 aliphatic rings. The average Bonchev–Trinajstić information content (AvgIpc) is 2.96. The van der Waals surface area contributed by atoms with Gasteiger partial charge < -0.3 is 4.90 Å². The van der Waals surface area contributed by atoms with E-state index < -0.39 is 0 Å².